The number of carbonyl (C=O) groups excluding carboxylic acids is 1. The van der Waals surface area contributed by atoms with Crippen molar-refractivity contribution in [1.29, 1.82) is 0 Å². The van der Waals surface area contributed by atoms with Gasteiger partial charge < -0.3 is 4.74 Å². The summed E-state index contributed by atoms with van der Waals surface area (Å²) in [5.41, 5.74) is 3.68. The van der Waals surface area contributed by atoms with Crippen LogP contribution in [0.15, 0.2) is 30.3 Å². The van der Waals surface area contributed by atoms with Gasteiger partial charge in [-0.1, -0.05) is 30.3 Å². The van der Waals surface area contributed by atoms with Crippen LogP contribution in [0.2, 0.25) is 0 Å². The maximum Gasteiger partial charge on any atom is 0.310 e. The molecule has 3 rings (SSSR count). The van der Waals surface area contributed by atoms with Crippen LogP contribution in [-0.2, 0) is 16.0 Å². The number of esters is 1. The van der Waals surface area contributed by atoms with E-state index in [2.05, 4.69) is 30.3 Å². The van der Waals surface area contributed by atoms with Gasteiger partial charge in [-0.3, -0.25) is 4.79 Å². The third-order valence-corrected chi connectivity index (χ3v) is 3.77. The minimum atomic E-state index is -0.383. The second-order valence-electron chi connectivity index (χ2n) is 6.50. The highest BCUT2D eigenvalue weighted by Crippen LogP contribution is 2.51. The van der Waals surface area contributed by atoms with Crippen molar-refractivity contribution in [3.05, 3.63) is 41.5 Å². The Hall–Kier alpha value is -1.57. The van der Waals surface area contributed by atoms with Gasteiger partial charge in [-0.05, 0) is 56.2 Å². The summed E-state index contributed by atoms with van der Waals surface area (Å²) in [6.45, 7) is 5.77. The highest BCUT2D eigenvalue weighted by atomic mass is 16.6. The lowest BCUT2D eigenvalue weighted by Gasteiger charge is -2.19. The molecule has 2 atom stereocenters. The number of benzene rings is 1. The van der Waals surface area contributed by atoms with Crippen molar-refractivity contribution in [2.45, 2.75) is 39.2 Å². The highest BCUT2D eigenvalue weighted by Gasteiger charge is 2.48. The van der Waals surface area contributed by atoms with Crippen molar-refractivity contribution in [3.8, 4) is 0 Å². The van der Waals surface area contributed by atoms with Crippen LogP contribution in [0, 0.1) is 11.8 Å². The van der Waals surface area contributed by atoms with Gasteiger partial charge in [0.25, 0.3) is 0 Å². The maximum atomic E-state index is 12.1. The lowest BCUT2D eigenvalue weighted by atomic mass is 10.0. The first-order chi connectivity index (χ1) is 8.96. The van der Waals surface area contributed by atoms with Crippen LogP contribution >= 0.6 is 0 Å². The molecule has 1 saturated carbocycles. The lowest BCUT2D eigenvalue weighted by Crippen LogP contribution is -2.25. The van der Waals surface area contributed by atoms with E-state index in [0.29, 0.717) is 5.92 Å². The summed E-state index contributed by atoms with van der Waals surface area (Å²) < 4.78 is 5.47. The largest absolute Gasteiger partial charge is 0.460 e. The standard InChI is InChI=1S/C17H20O2/c1-17(2,3)19-16(18)15-10-14(15)13-9-8-11-6-4-5-7-12(11)13/h4-7,9,14-15H,8,10H2,1-3H3/t14?,15-/m0/s1. The summed E-state index contributed by atoms with van der Waals surface area (Å²) in [5, 5.41) is 0. The van der Waals surface area contributed by atoms with Crippen molar-refractivity contribution < 1.29 is 9.53 Å². The minimum Gasteiger partial charge on any atom is -0.460 e. The normalized spacial score (nSPS) is 24.7. The molecule has 2 nitrogen and oxygen atoms in total. The van der Waals surface area contributed by atoms with Gasteiger partial charge in [0, 0.05) is 0 Å². The molecule has 19 heavy (non-hydrogen) atoms. The molecule has 0 heterocycles. The molecule has 0 amide bonds. The second kappa shape index (κ2) is 4.22. The van der Waals surface area contributed by atoms with Crippen molar-refractivity contribution in [1.82, 2.24) is 0 Å². The van der Waals surface area contributed by atoms with E-state index >= 15 is 0 Å². The molecule has 2 aliphatic rings. The summed E-state index contributed by atoms with van der Waals surface area (Å²) in [5.74, 6) is 0.401. The van der Waals surface area contributed by atoms with Crippen LogP contribution in [0.4, 0.5) is 0 Å². The van der Waals surface area contributed by atoms with Gasteiger partial charge in [-0.25, -0.2) is 0 Å². The van der Waals surface area contributed by atoms with Crippen LogP contribution in [0.3, 0.4) is 0 Å². The quantitative estimate of drug-likeness (QED) is 0.756. The first kappa shape index (κ1) is 12.5. The lowest BCUT2D eigenvalue weighted by molar-refractivity contribution is -0.156. The van der Waals surface area contributed by atoms with E-state index in [0.717, 1.165) is 12.8 Å². The van der Waals surface area contributed by atoms with Gasteiger partial charge in [-0.15, -0.1) is 0 Å². The molecule has 0 aliphatic heterocycles. The van der Waals surface area contributed by atoms with Crippen LogP contribution in [0.25, 0.3) is 5.57 Å². The predicted octanol–water partition coefficient (Wildman–Crippen LogP) is 3.60. The number of carbonyl (C=O) groups is 1. The Morgan fingerprint density at radius 1 is 1.26 bits per heavy atom. The van der Waals surface area contributed by atoms with Crippen LogP contribution in [0.5, 0.6) is 0 Å². The zero-order chi connectivity index (χ0) is 13.6. The molecule has 0 radical (unpaired) electrons. The van der Waals surface area contributed by atoms with E-state index in [1.807, 2.05) is 20.8 Å². The van der Waals surface area contributed by atoms with Gasteiger partial charge >= 0.3 is 5.97 Å². The summed E-state index contributed by atoms with van der Waals surface area (Å²) in [6, 6.07) is 8.49. The molecule has 1 unspecified atom stereocenters. The average molecular weight is 256 g/mol. The predicted molar refractivity (Wildman–Crippen MR) is 75.6 cm³/mol. The fourth-order valence-electron chi connectivity index (χ4n) is 2.84. The molecule has 0 N–H and O–H groups in total. The summed E-state index contributed by atoms with van der Waals surface area (Å²) in [4.78, 5) is 12.1. The molecule has 0 spiro atoms. The van der Waals surface area contributed by atoms with E-state index < -0.39 is 0 Å². The SMILES string of the molecule is CC(C)(C)OC(=O)[C@H]1CC1C1=CCc2ccccc21. The number of hydrogen-bond acceptors (Lipinski definition) is 2. The Labute approximate surface area is 114 Å². The third kappa shape index (κ3) is 2.44. The molecular formula is C17H20O2. The molecule has 1 aromatic rings. The third-order valence-electron chi connectivity index (χ3n) is 3.77. The fourth-order valence-corrected chi connectivity index (χ4v) is 2.84. The molecule has 100 valence electrons. The average Bonchev–Trinajstić information content (AvgIpc) is 3.00. The van der Waals surface area contributed by atoms with Gasteiger partial charge in [-0.2, -0.15) is 0 Å². The van der Waals surface area contributed by atoms with Crippen molar-refractivity contribution in [3.63, 3.8) is 0 Å². The number of allylic oxidation sites excluding steroid dienone is 2. The van der Waals surface area contributed by atoms with Crippen LogP contribution in [0.1, 0.15) is 38.3 Å². The number of rotatable bonds is 2. The zero-order valence-electron chi connectivity index (χ0n) is 11.8. The van der Waals surface area contributed by atoms with E-state index in [-0.39, 0.29) is 17.5 Å². The molecule has 1 fully saturated rings. The van der Waals surface area contributed by atoms with Gasteiger partial charge in [0.1, 0.15) is 5.60 Å². The molecule has 2 aliphatic carbocycles. The molecule has 0 saturated heterocycles. The monoisotopic (exact) mass is 256 g/mol. The first-order valence-corrected chi connectivity index (χ1v) is 6.97. The number of fused-ring (bicyclic) bond motifs is 1. The van der Waals surface area contributed by atoms with Crippen LogP contribution < -0.4 is 0 Å². The van der Waals surface area contributed by atoms with Gasteiger partial charge in [0.15, 0.2) is 0 Å². The Balaban J connectivity index is 1.70. The Morgan fingerprint density at radius 3 is 2.74 bits per heavy atom. The van der Waals surface area contributed by atoms with Crippen molar-refractivity contribution >= 4 is 11.5 Å². The number of hydrogen-bond donors (Lipinski definition) is 0. The second-order valence-corrected chi connectivity index (χ2v) is 6.50. The first-order valence-electron chi connectivity index (χ1n) is 6.97. The Bertz CT molecular complexity index is 549. The highest BCUT2D eigenvalue weighted by molar-refractivity contribution is 5.85. The molecule has 2 heteroatoms. The zero-order valence-corrected chi connectivity index (χ0v) is 11.8. The summed E-state index contributed by atoms with van der Waals surface area (Å²) in [7, 11) is 0. The minimum absolute atomic E-state index is 0.0391. The van der Waals surface area contributed by atoms with Crippen LogP contribution in [-0.4, -0.2) is 11.6 Å². The van der Waals surface area contributed by atoms with E-state index in [1.54, 1.807) is 0 Å². The molecule has 0 aromatic heterocycles. The number of ether oxygens (including phenoxy) is 1. The van der Waals surface area contributed by atoms with E-state index in [4.69, 9.17) is 4.74 Å². The topological polar surface area (TPSA) is 26.3 Å². The molecular weight excluding hydrogens is 236 g/mol. The summed E-state index contributed by atoms with van der Waals surface area (Å²) in [6.07, 6.45) is 4.22. The van der Waals surface area contributed by atoms with E-state index in [1.165, 1.54) is 16.7 Å². The van der Waals surface area contributed by atoms with Gasteiger partial charge in [0.2, 0.25) is 0 Å². The summed E-state index contributed by atoms with van der Waals surface area (Å²) >= 11 is 0. The molecule has 0 bridgehead atoms. The van der Waals surface area contributed by atoms with Crippen molar-refractivity contribution in [2.75, 3.05) is 0 Å². The maximum absolute atomic E-state index is 12.1. The smallest absolute Gasteiger partial charge is 0.310 e. The van der Waals surface area contributed by atoms with Gasteiger partial charge in [0.05, 0.1) is 5.92 Å². The van der Waals surface area contributed by atoms with Crippen molar-refractivity contribution in [2.24, 2.45) is 11.8 Å². The fraction of sp³-hybridized carbons (Fsp3) is 0.471. The molecule has 1 aromatic carbocycles. The Morgan fingerprint density at radius 2 is 2.00 bits per heavy atom. The van der Waals surface area contributed by atoms with E-state index in [9.17, 15) is 4.79 Å². The Kier molecular flexibility index (Phi) is 2.77.